The quantitative estimate of drug-likeness (QED) is 0.859. The highest BCUT2D eigenvalue weighted by atomic mass is 19.4. The van der Waals surface area contributed by atoms with Crippen molar-refractivity contribution < 1.29 is 13.2 Å². The summed E-state index contributed by atoms with van der Waals surface area (Å²) in [5.74, 6) is 0.952. The molecule has 6 heteroatoms. The van der Waals surface area contributed by atoms with E-state index in [1.165, 1.54) is 4.90 Å². The third kappa shape index (κ3) is 5.11. The minimum atomic E-state index is -4.07. The van der Waals surface area contributed by atoms with Crippen LogP contribution in [-0.4, -0.2) is 67.8 Å². The van der Waals surface area contributed by atoms with Crippen LogP contribution >= 0.6 is 0 Å². The van der Waals surface area contributed by atoms with E-state index >= 15 is 0 Å². The number of rotatable bonds is 4. The summed E-state index contributed by atoms with van der Waals surface area (Å²) < 4.78 is 37.1. The van der Waals surface area contributed by atoms with Crippen LogP contribution in [0.25, 0.3) is 0 Å². The van der Waals surface area contributed by atoms with E-state index in [4.69, 9.17) is 0 Å². The summed E-state index contributed by atoms with van der Waals surface area (Å²) in [5, 5.41) is 3.61. The van der Waals surface area contributed by atoms with Crippen molar-refractivity contribution >= 4 is 0 Å². The lowest BCUT2D eigenvalue weighted by Crippen LogP contribution is -2.51. The van der Waals surface area contributed by atoms with E-state index in [0.29, 0.717) is 37.0 Å². The lowest BCUT2D eigenvalue weighted by Gasteiger charge is -2.40. The highest BCUT2D eigenvalue weighted by Crippen LogP contribution is 2.24. The van der Waals surface area contributed by atoms with E-state index in [-0.39, 0.29) is 0 Å². The van der Waals surface area contributed by atoms with Crippen LogP contribution in [0.3, 0.4) is 0 Å². The molecule has 2 aliphatic heterocycles. The molecule has 0 aliphatic carbocycles. The number of halogens is 3. The standard InChI is InChI=1S/C15H28F3N3/c1-11-8-20(3)12(2)6-14(11)19-7-13-4-5-21(9-13)10-15(16,17)18/h11-14,19H,4-10H2,1-3H3. The summed E-state index contributed by atoms with van der Waals surface area (Å²) in [5.41, 5.74) is 0. The molecule has 3 nitrogen and oxygen atoms in total. The fourth-order valence-corrected chi connectivity index (χ4v) is 3.62. The van der Waals surface area contributed by atoms with Crippen LogP contribution in [0, 0.1) is 11.8 Å². The lowest BCUT2D eigenvalue weighted by atomic mass is 9.89. The maximum absolute atomic E-state index is 12.4. The van der Waals surface area contributed by atoms with Crippen LogP contribution in [0.5, 0.6) is 0 Å². The second-order valence-corrected chi connectivity index (χ2v) is 7.02. The molecule has 0 radical (unpaired) electrons. The van der Waals surface area contributed by atoms with Gasteiger partial charge in [0.25, 0.3) is 0 Å². The number of nitrogens with zero attached hydrogens (tertiary/aromatic N) is 2. The van der Waals surface area contributed by atoms with Gasteiger partial charge in [-0.1, -0.05) is 6.92 Å². The Labute approximate surface area is 125 Å². The first kappa shape index (κ1) is 17.0. The second kappa shape index (κ2) is 6.84. The van der Waals surface area contributed by atoms with Crippen molar-refractivity contribution in [3.8, 4) is 0 Å². The topological polar surface area (TPSA) is 18.5 Å². The first-order chi connectivity index (χ1) is 9.74. The van der Waals surface area contributed by atoms with Gasteiger partial charge in [0.1, 0.15) is 0 Å². The molecule has 0 spiro atoms. The zero-order valence-corrected chi connectivity index (χ0v) is 13.3. The van der Waals surface area contributed by atoms with Gasteiger partial charge in [-0.3, -0.25) is 4.90 Å². The number of hydrogen-bond acceptors (Lipinski definition) is 3. The highest BCUT2D eigenvalue weighted by molar-refractivity contribution is 4.88. The Balaban J connectivity index is 1.72. The molecule has 0 aromatic rings. The van der Waals surface area contributed by atoms with Crippen LogP contribution < -0.4 is 5.32 Å². The summed E-state index contributed by atoms with van der Waals surface area (Å²) in [6.07, 6.45) is -2.07. The Kier molecular flexibility index (Phi) is 5.54. The highest BCUT2D eigenvalue weighted by Gasteiger charge is 2.35. The molecule has 2 rings (SSSR count). The molecule has 1 N–H and O–H groups in total. The Morgan fingerprint density at radius 1 is 1.19 bits per heavy atom. The van der Waals surface area contributed by atoms with E-state index in [2.05, 4.69) is 31.1 Å². The third-order valence-corrected chi connectivity index (χ3v) is 5.05. The van der Waals surface area contributed by atoms with Crippen molar-refractivity contribution in [2.75, 3.05) is 39.8 Å². The van der Waals surface area contributed by atoms with E-state index in [1.807, 2.05) is 0 Å². The van der Waals surface area contributed by atoms with Gasteiger partial charge < -0.3 is 10.2 Å². The minimum absolute atomic E-state index is 0.356. The monoisotopic (exact) mass is 307 g/mol. The molecule has 124 valence electrons. The van der Waals surface area contributed by atoms with Crippen molar-refractivity contribution in [1.29, 1.82) is 0 Å². The Hall–Kier alpha value is -0.330. The fraction of sp³-hybridized carbons (Fsp3) is 1.00. The lowest BCUT2D eigenvalue weighted by molar-refractivity contribution is -0.143. The van der Waals surface area contributed by atoms with Crippen molar-refractivity contribution in [3.63, 3.8) is 0 Å². The molecule has 0 aromatic heterocycles. The van der Waals surface area contributed by atoms with Gasteiger partial charge in [-0.05, 0) is 51.7 Å². The number of piperidine rings is 1. The smallest absolute Gasteiger partial charge is 0.313 e. The van der Waals surface area contributed by atoms with E-state index in [9.17, 15) is 13.2 Å². The summed E-state index contributed by atoms with van der Waals surface area (Å²) in [7, 11) is 2.16. The van der Waals surface area contributed by atoms with Crippen molar-refractivity contribution in [1.82, 2.24) is 15.1 Å². The van der Waals surface area contributed by atoms with Gasteiger partial charge in [-0.15, -0.1) is 0 Å². The number of hydrogen-bond donors (Lipinski definition) is 1. The molecule has 0 aromatic carbocycles. The molecule has 21 heavy (non-hydrogen) atoms. The van der Waals surface area contributed by atoms with E-state index in [0.717, 1.165) is 25.9 Å². The molecule has 4 unspecified atom stereocenters. The van der Waals surface area contributed by atoms with Gasteiger partial charge in [0.2, 0.25) is 0 Å². The van der Waals surface area contributed by atoms with Crippen molar-refractivity contribution in [3.05, 3.63) is 0 Å². The minimum Gasteiger partial charge on any atom is -0.313 e. The number of nitrogens with one attached hydrogen (secondary N) is 1. The SMILES string of the molecule is CC1CN(C)C(C)CC1NCC1CCN(CC(F)(F)F)C1. The molecule has 4 atom stereocenters. The predicted molar refractivity (Wildman–Crippen MR) is 78.3 cm³/mol. The van der Waals surface area contributed by atoms with Gasteiger partial charge in [0, 0.05) is 25.2 Å². The van der Waals surface area contributed by atoms with Crippen molar-refractivity contribution in [2.24, 2.45) is 11.8 Å². The molecular formula is C15H28F3N3. The molecule has 0 amide bonds. The van der Waals surface area contributed by atoms with Gasteiger partial charge in [-0.2, -0.15) is 13.2 Å². The Morgan fingerprint density at radius 2 is 1.90 bits per heavy atom. The first-order valence-corrected chi connectivity index (χ1v) is 7.97. The second-order valence-electron chi connectivity index (χ2n) is 7.02. The van der Waals surface area contributed by atoms with Gasteiger partial charge in [-0.25, -0.2) is 0 Å². The normalized spacial score (nSPS) is 36.3. The Morgan fingerprint density at radius 3 is 2.57 bits per heavy atom. The number of likely N-dealkylation sites (tertiary alicyclic amines) is 2. The van der Waals surface area contributed by atoms with E-state index < -0.39 is 12.7 Å². The third-order valence-electron chi connectivity index (χ3n) is 5.05. The summed E-state index contributed by atoms with van der Waals surface area (Å²) in [6, 6.07) is 1.07. The van der Waals surface area contributed by atoms with Gasteiger partial charge >= 0.3 is 6.18 Å². The summed E-state index contributed by atoms with van der Waals surface area (Å²) in [6.45, 7) is 6.81. The van der Waals surface area contributed by atoms with Crippen LogP contribution in [-0.2, 0) is 0 Å². The Bertz CT molecular complexity index is 335. The molecule has 0 bridgehead atoms. The summed E-state index contributed by atoms with van der Waals surface area (Å²) >= 11 is 0. The summed E-state index contributed by atoms with van der Waals surface area (Å²) in [4.78, 5) is 3.91. The molecule has 2 saturated heterocycles. The van der Waals surface area contributed by atoms with Crippen LogP contribution in [0.1, 0.15) is 26.7 Å². The van der Waals surface area contributed by atoms with Crippen molar-refractivity contribution in [2.45, 2.75) is 44.9 Å². The molecule has 2 heterocycles. The number of alkyl halides is 3. The van der Waals surface area contributed by atoms with E-state index in [1.54, 1.807) is 0 Å². The van der Waals surface area contributed by atoms with Crippen LogP contribution in [0.15, 0.2) is 0 Å². The first-order valence-electron chi connectivity index (χ1n) is 7.97. The molecular weight excluding hydrogens is 279 g/mol. The molecule has 2 aliphatic rings. The maximum atomic E-state index is 12.4. The van der Waals surface area contributed by atoms with Crippen LogP contribution in [0.2, 0.25) is 0 Å². The van der Waals surface area contributed by atoms with Gasteiger partial charge in [0.15, 0.2) is 0 Å². The molecule has 0 saturated carbocycles. The van der Waals surface area contributed by atoms with Crippen LogP contribution in [0.4, 0.5) is 13.2 Å². The largest absolute Gasteiger partial charge is 0.401 e. The average molecular weight is 307 g/mol. The molecule has 2 fully saturated rings. The zero-order chi connectivity index (χ0) is 15.6. The van der Waals surface area contributed by atoms with Gasteiger partial charge in [0.05, 0.1) is 6.54 Å². The zero-order valence-electron chi connectivity index (χ0n) is 13.3. The average Bonchev–Trinajstić information content (AvgIpc) is 2.77. The predicted octanol–water partition coefficient (Wildman–Crippen LogP) is 2.19. The maximum Gasteiger partial charge on any atom is 0.401 e. The fourth-order valence-electron chi connectivity index (χ4n) is 3.62.